The summed E-state index contributed by atoms with van der Waals surface area (Å²) in [5.41, 5.74) is 3.27. The Morgan fingerprint density at radius 2 is 1.38 bits per heavy atom. The second-order valence-corrected chi connectivity index (χ2v) is 13.2. The maximum atomic E-state index is 13.6. The monoisotopic (exact) mass is 597 g/mol. The van der Waals surface area contributed by atoms with Gasteiger partial charge in [0.1, 0.15) is 6.54 Å². The van der Waals surface area contributed by atoms with Crippen molar-refractivity contribution in [3.8, 4) is 0 Å². The van der Waals surface area contributed by atoms with E-state index in [2.05, 4.69) is 10.0 Å². The van der Waals surface area contributed by atoms with Crippen LogP contribution in [0.25, 0.3) is 0 Å². The lowest BCUT2D eigenvalue weighted by atomic mass is 10.1. The zero-order valence-electron chi connectivity index (χ0n) is 22.1. The number of para-hydroxylation sites is 1. The van der Waals surface area contributed by atoms with E-state index in [1.807, 2.05) is 32.0 Å². The van der Waals surface area contributed by atoms with Crippen molar-refractivity contribution in [2.75, 3.05) is 20.9 Å². The molecule has 0 heterocycles. The van der Waals surface area contributed by atoms with E-state index in [-0.39, 0.29) is 15.5 Å². The van der Waals surface area contributed by atoms with E-state index in [1.165, 1.54) is 42.5 Å². The van der Waals surface area contributed by atoms with Crippen LogP contribution in [-0.4, -0.2) is 29.3 Å². The summed E-state index contributed by atoms with van der Waals surface area (Å²) in [4.78, 5) is 13.1. The molecule has 0 bridgehead atoms. The minimum absolute atomic E-state index is 0.0102. The number of halogens is 1. The average molecular weight is 598 g/mol. The van der Waals surface area contributed by atoms with Gasteiger partial charge in [-0.2, -0.15) is 0 Å². The molecule has 0 saturated carbocycles. The molecule has 0 aliphatic carbocycles. The summed E-state index contributed by atoms with van der Waals surface area (Å²) in [6.45, 7) is 4.82. The van der Waals surface area contributed by atoms with Crippen LogP contribution >= 0.6 is 11.6 Å². The highest BCUT2D eigenvalue weighted by molar-refractivity contribution is 7.93. The van der Waals surface area contributed by atoms with Gasteiger partial charge in [0, 0.05) is 10.7 Å². The van der Waals surface area contributed by atoms with E-state index in [4.69, 9.17) is 11.6 Å². The summed E-state index contributed by atoms with van der Waals surface area (Å²) in [6, 6.07) is 23.7. The SMILES string of the molecule is Cc1ccc(Cl)cc1N(CC(=O)Nc1ccc(S(=O)(=O)Nc2c(C)cccc2C)cc1)S(=O)(=O)c1ccccc1. The maximum absolute atomic E-state index is 13.6. The molecule has 0 aliphatic heterocycles. The molecule has 1 amide bonds. The molecular formula is C29H28ClN3O5S2. The lowest BCUT2D eigenvalue weighted by Crippen LogP contribution is -2.38. The summed E-state index contributed by atoms with van der Waals surface area (Å²) >= 11 is 6.17. The summed E-state index contributed by atoms with van der Waals surface area (Å²) in [5.74, 6) is -0.622. The Kier molecular flexibility index (Phi) is 8.53. The fourth-order valence-corrected chi connectivity index (χ4v) is 6.96. The van der Waals surface area contributed by atoms with Gasteiger partial charge in [0.2, 0.25) is 5.91 Å². The Hall–Kier alpha value is -3.86. The molecule has 0 fully saturated rings. The van der Waals surface area contributed by atoms with Gasteiger partial charge in [-0.1, -0.05) is 54.1 Å². The van der Waals surface area contributed by atoms with Gasteiger partial charge in [0.25, 0.3) is 20.0 Å². The Morgan fingerprint density at radius 1 is 0.750 bits per heavy atom. The normalized spacial score (nSPS) is 11.6. The summed E-state index contributed by atoms with van der Waals surface area (Å²) in [7, 11) is -8.00. The number of sulfonamides is 2. The molecule has 0 saturated heterocycles. The Labute approximate surface area is 239 Å². The summed E-state index contributed by atoms with van der Waals surface area (Å²) in [5, 5.41) is 2.97. The highest BCUT2D eigenvalue weighted by Crippen LogP contribution is 2.30. The van der Waals surface area contributed by atoms with Crippen LogP contribution in [0.4, 0.5) is 17.1 Å². The molecule has 11 heteroatoms. The number of amides is 1. The van der Waals surface area contributed by atoms with Crippen LogP contribution in [0.2, 0.25) is 5.02 Å². The standard InChI is InChI=1S/C29H28ClN3O5S2/c1-20-12-13-23(30)18-27(20)33(40(37,38)26-10-5-4-6-11-26)19-28(34)31-24-14-16-25(17-15-24)39(35,36)32-29-21(2)8-7-9-22(29)3/h4-18,32H,19H2,1-3H3,(H,31,34). The summed E-state index contributed by atoms with van der Waals surface area (Å²) < 4.78 is 56.7. The largest absolute Gasteiger partial charge is 0.325 e. The van der Waals surface area contributed by atoms with Crippen molar-refractivity contribution in [3.05, 3.63) is 113 Å². The van der Waals surface area contributed by atoms with Crippen LogP contribution in [0, 0.1) is 20.8 Å². The van der Waals surface area contributed by atoms with Crippen molar-refractivity contribution in [2.24, 2.45) is 0 Å². The molecule has 0 radical (unpaired) electrons. The number of hydrogen-bond acceptors (Lipinski definition) is 5. The topological polar surface area (TPSA) is 113 Å². The molecule has 40 heavy (non-hydrogen) atoms. The third kappa shape index (κ3) is 6.47. The predicted octanol–water partition coefficient (Wildman–Crippen LogP) is 5.90. The van der Waals surface area contributed by atoms with Gasteiger partial charge in [0.15, 0.2) is 0 Å². The second-order valence-electron chi connectivity index (χ2n) is 9.20. The molecule has 0 aromatic heterocycles. The molecule has 0 unspecified atom stereocenters. The highest BCUT2D eigenvalue weighted by Gasteiger charge is 2.28. The van der Waals surface area contributed by atoms with E-state index in [0.717, 1.165) is 15.4 Å². The van der Waals surface area contributed by atoms with Crippen molar-refractivity contribution in [3.63, 3.8) is 0 Å². The Balaban J connectivity index is 1.56. The van der Waals surface area contributed by atoms with Crippen LogP contribution in [0.5, 0.6) is 0 Å². The minimum atomic E-state index is -4.12. The molecule has 0 spiro atoms. The first-order valence-corrected chi connectivity index (χ1v) is 15.5. The molecule has 8 nitrogen and oxygen atoms in total. The molecule has 208 valence electrons. The van der Waals surface area contributed by atoms with E-state index in [9.17, 15) is 21.6 Å². The van der Waals surface area contributed by atoms with Gasteiger partial charge < -0.3 is 5.32 Å². The van der Waals surface area contributed by atoms with Crippen molar-refractivity contribution in [1.82, 2.24) is 0 Å². The predicted molar refractivity (Wildman–Crippen MR) is 159 cm³/mol. The van der Waals surface area contributed by atoms with Crippen molar-refractivity contribution in [2.45, 2.75) is 30.6 Å². The van der Waals surface area contributed by atoms with Crippen LogP contribution < -0.4 is 14.3 Å². The third-order valence-electron chi connectivity index (χ3n) is 6.22. The fraction of sp³-hybridized carbons (Fsp3) is 0.138. The number of aryl methyl sites for hydroxylation is 3. The highest BCUT2D eigenvalue weighted by atomic mass is 35.5. The molecule has 2 N–H and O–H groups in total. The van der Waals surface area contributed by atoms with Gasteiger partial charge in [-0.3, -0.25) is 13.8 Å². The quantitative estimate of drug-likeness (QED) is 0.249. The van der Waals surface area contributed by atoms with Crippen LogP contribution in [-0.2, 0) is 24.8 Å². The molecule has 4 aromatic carbocycles. The first-order valence-electron chi connectivity index (χ1n) is 12.2. The number of nitrogens with one attached hydrogen (secondary N) is 2. The van der Waals surface area contributed by atoms with Crippen molar-refractivity contribution >= 4 is 54.6 Å². The number of anilines is 3. The van der Waals surface area contributed by atoms with E-state index in [1.54, 1.807) is 37.3 Å². The van der Waals surface area contributed by atoms with Crippen molar-refractivity contribution in [1.29, 1.82) is 0 Å². The van der Waals surface area contributed by atoms with Gasteiger partial charge in [-0.15, -0.1) is 0 Å². The van der Waals surface area contributed by atoms with Crippen LogP contribution in [0.15, 0.2) is 101 Å². The number of hydrogen-bond donors (Lipinski definition) is 2. The first-order chi connectivity index (χ1) is 18.9. The minimum Gasteiger partial charge on any atom is -0.325 e. The smallest absolute Gasteiger partial charge is 0.264 e. The molecule has 0 aliphatic rings. The lowest BCUT2D eigenvalue weighted by molar-refractivity contribution is -0.114. The van der Waals surface area contributed by atoms with E-state index < -0.39 is 32.5 Å². The van der Waals surface area contributed by atoms with Gasteiger partial charge in [0.05, 0.1) is 21.2 Å². The molecular weight excluding hydrogens is 570 g/mol. The number of rotatable bonds is 9. The maximum Gasteiger partial charge on any atom is 0.264 e. The molecule has 4 rings (SSSR count). The Bertz CT molecular complexity index is 1740. The van der Waals surface area contributed by atoms with Crippen LogP contribution in [0.1, 0.15) is 16.7 Å². The van der Waals surface area contributed by atoms with Gasteiger partial charge >= 0.3 is 0 Å². The summed E-state index contributed by atoms with van der Waals surface area (Å²) in [6.07, 6.45) is 0. The molecule has 0 atom stereocenters. The number of nitrogens with zero attached hydrogens (tertiary/aromatic N) is 1. The fourth-order valence-electron chi connectivity index (χ4n) is 4.09. The number of benzene rings is 4. The molecule has 4 aromatic rings. The number of carbonyl (C=O) groups is 1. The first kappa shape index (κ1) is 29.1. The van der Waals surface area contributed by atoms with Crippen molar-refractivity contribution < 1.29 is 21.6 Å². The van der Waals surface area contributed by atoms with E-state index in [0.29, 0.717) is 22.0 Å². The lowest BCUT2D eigenvalue weighted by Gasteiger charge is -2.26. The average Bonchev–Trinajstić information content (AvgIpc) is 2.92. The zero-order chi connectivity index (χ0) is 29.1. The third-order valence-corrected chi connectivity index (χ3v) is 9.60. The van der Waals surface area contributed by atoms with Gasteiger partial charge in [-0.05, 0) is 86.0 Å². The van der Waals surface area contributed by atoms with Crippen LogP contribution in [0.3, 0.4) is 0 Å². The second kappa shape index (κ2) is 11.7. The zero-order valence-corrected chi connectivity index (χ0v) is 24.4. The van der Waals surface area contributed by atoms with E-state index >= 15 is 0 Å². The Morgan fingerprint density at radius 3 is 2.00 bits per heavy atom. The van der Waals surface area contributed by atoms with Gasteiger partial charge in [-0.25, -0.2) is 16.8 Å². The number of carbonyl (C=O) groups excluding carboxylic acids is 1.